The van der Waals surface area contributed by atoms with Gasteiger partial charge in [0.25, 0.3) is 0 Å². The Balaban J connectivity index is 1.47. The fourth-order valence-corrected chi connectivity index (χ4v) is 2.62. The van der Waals surface area contributed by atoms with E-state index in [1.54, 1.807) is 0 Å². The van der Waals surface area contributed by atoms with Crippen molar-refractivity contribution in [3.05, 3.63) is 42.2 Å². The molecular formula is C16H19N3O. The number of rotatable bonds is 5. The highest BCUT2D eigenvalue weighted by atomic mass is 16.1. The van der Waals surface area contributed by atoms with Crippen LogP contribution in [-0.4, -0.2) is 22.4 Å². The quantitative estimate of drug-likeness (QED) is 0.820. The van der Waals surface area contributed by atoms with E-state index in [9.17, 15) is 4.79 Å². The lowest BCUT2D eigenvalue weighted by atomic mass is 10.1. The van der Waals surface area contributed by atoms with Gasteiger partial charge in [-0.25, -0.2) is 4.98 Å². The van der Waals surface area contributed by atoms with Gasteiger partial charge in [-0.15, -0.1) is 0 Å². The molecule has 0 saturated carbocycles. The molecule has 1 aromatic heterocycles. The number of allylic oxidation sites excluding steroid dienone is 2. The average molecular weight is 269 g/mol. The van der Waals surface area contributed by atoms with Gasteiger partial charge in [-0.3, -0.25) is 4.79 Å². The minimum atomic E-state index is 0.137. The first-order valence-corrected chi connectivity index (χ1v) is 7.18. The Morgan fingerprint density at radius 2 is 2.30 bits per heavy atom. The van der Waals surface area contributed by atoms with Crippen LogP contribution in [0.15, 0.2) is 36.4 Å². The SMILES string of the molecule is O=C(C[C@H]1C=CCC1)NCCc1nc2ccccc2[nH]1. The number of nitrogens with zero attached hydrogens (tertiary/aromatic N) is 1. The van der Waals surface area contributed by atoms with Crippen molar-refractivity contribution >= 4 is 16.9 Å². The van der Waals surface area contributed by atoms with E-state index in [1.165, 1.54) is 0 Å². The maximum absolute atomic E-state index is 11.8. The van der Waals surface area contributed by atoms with E-state index in [-0.39, 0.29) is 5.91 Å². The summed E-state index contributed by atoms with van der Waals surface area (Å²) in [6, 6.07) is 7.96. The predicted molar refractivity (Wildman–Crippen MR) is 79.3 cm³/mol. The molecular weight excluding hydrogens is 250 g/mol. The molecule has 1 amide bonds. The van der Waals surface area contributed by atoms with Crippen molar-refractivity contribution in [2.75, 3.05) is 6.54 Å². The Bertz CT molecular complexity index is 596. The molecule has 3 rings (SSSR count). The number of para-hydroxylation sites is 2. The highest BCUT2D eigenvalue weighted by Crippen LogP contribution is 2.19. The number of hydrogen-bond donors (Lipinski definition) is 2. The smallest absolute Gasteiger partial charge is 0.220 e. The molecule has 0 spiro atoms. The van der Waals surface area contributed by atoms with E-state index in [0.29, 0.717) is 18.9 Å². The fourth-order valence-electron chi connectivity index (χ4n) is 2.62. The highest BCUT2D eigenvalue weighted by Gasteiger charge is 2.13. The summed E-state index contributed by atoms with van der Waals surface area (Å²) in [5.74, 6) is 1.49. The summed E-state index contributed by atoms with van der Waals surface area (Å²) in [7, 11) is 0. The van der Waals surface area contributed by atoms with E-state index in [2.05, 4.69) is 27.4 Å². The molecule has 1 heterocycles. The van der Waals surface area contributed by atoms with Crippen LogP contribution in [0.2, 0.25) is 0 Å². The van der Waals surface area contributed by atoms with Crippen LogP contribution in [0, 0.1) is 5.92 Å². The number of benzene rings is 1. The van der Waals surface area contributed by atoms with Crippen LogP contribution in [0.1, 0.15) is 25.1 Å². The Morgan fingerprint density at radius 1 is 1.40 bits per heavy atom. The molecule has 1 aliphatic carbocycles. The molecule has 0 aliphatic heterocycles. The van der Waals surface area contributed by atoms with Gasteiger partial charge in [0.15, 0.2) is 0 Å². The molecule has 0 unspecified atom stereocenters. The van der Waals surface area contributed by atoms with E-state index in [0.717, 1.165) is 36.1 Å². The normalized spacial score (nSPS) is 17.7. The predicted octanol–water partition coefficient (Wildman–Crippen LogP) is 2.58. The molecule has 0 fully saturated rings. The van der Waals surface area contributed by atoms with E-state index in [1.807, 2.05) is 24.3 Å². The number of nitrogens with one attached hydrogen (secondary N) is 2. The summed E-state index contributed by atoms with van der Waals surface area (Å²) in [4.78, 5) is 19.5. The second kappa shape index (κ2) is 5.90. The fraction of sp³-hybridized carbons (Fsp3) is 0.375. The minimum Gasteiger partial charge on any atom is -0.356 e. The van der Waals surface area contributed by atoms with Crippen LogP contribution in [0.25, 0.3) is 11.0 Å². The Morgan fingerprint density at radius 3 is 3.10 bits per heavy atom. The molecule has 104 valence electrons. The number of aromatic nitrogens is 2. The number of amides is 1. The molecule has 1 aliphatic rings. The first-order valence-electron chi connectivity index (χ1n) is 7.18. The second-order valence-corrected chi connectivity index (χ2v) is 5.27. The van der Waals surface area contributed by atoms with Crippen LogP contribution in [-0.2, 0) is 11.2 Å². The zero-order valence-electron chi connectivity index (χ0n) is 11.4. The van der Waals surface area contributed by atoms with Crippen LogP contribution >= 0.6 is 0 Å². The zero-order valence-corrected chi connectivity index (χ0v) is 11.4. The molecule has 1 aromatic carbocycles. The van der Waals surface area contributed by atoms with Crippen molar-refractivity contribution in [3.8, 4) is 0 Å². The molecule has 4 heteroatoms. The Labute approximate surface area is 118 Å². The van der Waals surface area contributed by atoms with Crippen molar-refractivity contribution in [2.24, 2.45) is 5.92 Å². The minimum absolute atomic E-state index is 0.137. The van der Waals surface area contributed by atoms with Gasteiger partial charge in [0.05, 0.1) is 11.0 Å². The number of carbonyl (C=O) groups excluding carboxylic acids is 1. The summed E-state index contributed by atoms with van der Waals surface area (Å²) in [5.41, 5.74) is 2.02. The summed E-state index contributed by atoms with van der Waals surface area (Å²) >= 11 is 0. The van der Waals surface area contributed by atoms with Crippen molar-refractivity contribution in [1.29, 1.82) is 0 Å². The Kier molecular flexibility index (Phi) is 3.81. The molecule has 20 heavy (non-hydrogen) atoms. The lowest BCUT2D eigenvalue weighted by Gasteiger charge is -2.07. The van der Waals surface area contributed by atoms with Crippen LogP contribution in [0.4, 0.5) is 0 Å². The number of H-pyrrole nitrogens is 1. The lowest BCUT2D eigenvalue weighted by Crippen LogP contribution is -2.27. The number of aromatic amines is 1. The van der Waals surface area contributed by atoms with Crippen molar-refractivity contribution < 1.29 is 4.79 Å². The lowest BCUT2D eigenvalue weighted by molar-refractivity contribution is -0.121. The number of imidazole rings is 1. The van der Waals surface area contributed by atoms with E-state index in [4.69, 9.17) is 0 Å². The van der Waals surface area contributed by atoms with Crippen molar-refractivity contribution in [1.82, 2.24) is 15.3 Å². The molecule has 0 radical (unpaired) electrons. The van der Waals surface area contributed by atoms with Gasteiger partial charge in [-0.1, -0.05) is 24.3 Å². The summed E-state index contributed by atoms with van der Waals surface area (Å²) in [5, 5.41) is 2.97. The molecule has 0 saturated heterocycles. The molecule has 2 aromatic rings. The number of hydrogen-bond acceptors (Lipinski definition) is 2. The van der Waals surface area contributed by atoms with Gasteiger partial charge in [0.2, 0.25) is 5.91 Å². The van der Waals surface area contributed by atoms with Gasteiger partial charge in [-0.05, 0) is 30.9 Å². The third-order valence-corrected chi connectivity index (χ3v) is 3.68. The molecule has 0 bridgehead atoms. The first-order chi connectivity index (χ1) is 9.81. The monoisotopic (exact) mass is 269 g/mol. The zero-order chi connectivity index (χ0) is 13.8. The topological polar surface area (TPSA) is 57.8 Å². The van der Waals surface area contributed by atoms with Crippen LogP contribution in [0.3, 0.4) is 0 Å². The van der Waals surface area contributed by atoms with E-state index >= 15 is 0 Å². The highest BCUT2D eigenvalue weighted by molar-refractivity contribution is 5.76. The van der Waals surface area contributed by atoms with Gasteiger partial charge in [0, 0.05) is 19.4 Å². The third kappa shape index (κ3) is 3.07. The summed E-state index contributed by atoms with van der Waals surface area (Å²) < 4.78 is 0. The first kappa shape index (κ1) is 12.9. The maximum atomic E-state index is 11.8. The second-order valence-electron chi connectivity index (χ2n) is 5.27. The van der Waals surface area contributed by atoms with Gasteiger partial charge in [-0.2, -0.15) is 0 Å². The van der Waals surface area contributed by atoms with Crippen LogP contribution < -0.4 is 5.32 Å². The molecule has 2 N–H and O–H groups in total. The average Bonchev–Trinajstić information content (AvgIpc) is 3.07. The summed E-state index contributed by atoms with van der Waals surface area (Å²) in [6.07, 6.45) is 7.87. The van der Waals surface area contributed by atoms with Gasteiger partial charge < -0.3 is 10.3 Å². The third-order valence-electron chi connectivity index (χ3n) is 3.68. The summed E-state index contributed by atoms with van der Waals surface area (Å²) in [6.45, 7) is 0.634. The number of carbonyl (C=O) groups is 1. The van der Waals surface area contributed by atoms with Crippen molar-refractivity contribution in [3.63, 3.8) is 0 Å². The standard InChI is InChI=1S/C16H19N3O/c20-16(11-12-5-1-2-6-12)17-10-9-15-18-13-7-3-4-8-14(13)19-15/h1,3-5,7-8,12H,2,6,9-11H2,(H,17,20)(H,18,19)/t12-/m0/s1. The van der Waals surface area contributed by atoms with Gasteiger partial charge >= 0.3 is 0 Å². The van der Waals surface area contributed by atoms with E-state index < -0.39 is 0 Å². The largest absolute Gasteiger partial charge is 0.356 e. The molecule has 1 atom stereocenters. The van der Waals surface area contributed by atoms with Gasteiger partial charge in [0.1, 0.15) is 5.82 Å². The Hall–Kier alpha value is -2.10. The number of fused-ring (bicyclic) bond motifs is 1. The van der Waals surface area contributed by atoms with Crippen molar-refractivity contribution in [2.45, 2.75) is 25.7 Å². The maximum Gasteiger partial charge on any atom is 0.220 e. The molecule has 4 nitrogen and oxygen atoms in total. The van der Waals surface area contributed by atoms with Crippen LogP contribution in [0.5, 0.6) is 0 Å².